The number of aromatic nitrogens is 1. The smallest absolute Gasteiger partial charge is 0.303 e. The molecule has 1 fully saturated rings. The van der Waals surface area contributed by atoms with Crippen LogP contribution in [0.5, 0.6) is 0 Å². The lowest BCUT2D eigenvalue weighted by Crippen LogP contribution is -2.43. The van der Waals surface area contributed by atoms with Gasteiger partial charge in [0.05, 0.1) is 5.56 Å². The number of carbonyl (C=O) groups excluding carboxylic acids is 3. The van der Waals surface area contributed by atoms with Crippen molar-refractivity contribution in [2.75, 3.05) is 24.6 Å². The fraction of sp³-hybridized carbons (Fsp3) is 0.333. The third kappa shape index (κ3) is 6.14. The van der Waals surface area contributed by atoms with Crippen molar-refractivity contribution < 1.29 is 23.5 Å². The second-order valence-electron chi connectivity index (χ2n) is 7.11. The summed E-state index contributed by atoms with van der Waals surface area (Å²) in [5.41, 5.74) is 5.47. The summed E-state index contributed by atoms with van der Waals surface area (Å²) in [7, 11) is 0. The number of benzene rings is 1. The number of rotatable bonds is 5. The van der Waals surface area contributed by atoms with E-state index in [2.05, 4.69) is 25.5 Å². The van der Waals surface area contributed by atoms with Crippen LogP contribution in [0.2, 0.25) is 5.02 Å². The molecule has 3 rings (SSSR count). The maximum atomic E-state index is 13.6. The van der Waals surface area contributed by atoms with Crippen LogP contribution in [0.3, 0.4) is 0 Å². The molecule has 2 heterocycles. The van der Waals surface area contributed by atoms with Gasteiger partial charge in [-0.05, 0) is 54.7 Å². The minimum absolute atomic E-state index is 0.181. The summed E-state index contributed by atoms with van der Waals surface area (Å²) in [6.07, 6.45) is 3.03. The number of pyridine rings is 1. The lowest BCUT2D eigenvalue weighted by atomic mass is 9.89. The van der Waals surface area contributed by atoms with E-state index in [1.54, 1.807) is 18.2 Å². The second kappa shape index (κ2) is 10.2. The Labute approximate surface area is 183 Å². The zero-order valence-corrected chi connectivity index (χ0v) is 17.6. The third-order valence-corrected chi connectivity index (χ3v) is 5.29. The molecule has 1 aliphatic heterocycles. The number of carbonyl (C=O) groups is 3. The first-order valence-corrected chi connectivity index (χ1v) is 10.1. The van der Waals surface area contributed by atoms with E-state index in [4.69, 9.17) is 11.6 Å². The lowest BCUT2D eigenvalue weighted by Gasteiger charge is -2.33. The Bertz CT molecular complexity index is 962. The summed E-state index contributed by atoms with van der Waals surface area (Å²) >= 11 is 6.23. The highest BCUT2D eigenvalue weighted by atomic mass is 35.5. The predicted octanol–water partition coefficient (Wildman–Crippen LogP) is 2.58. The summed E-state index contributed by atoms with van der Waals surface area (Å²) in [6.45, 7) is 2.15. The average Bonchev–Trinajstić information content (AvgIpc) is 2.78. The molecule has 0 saturated carbocycles. The standard InChI is InChI=1S/C21H22ClFN4O4/c1-13(28)31-12-20(29)25-26-21(30)15-2-5-19(24-11-15)27-8-6-14(7-9-27)17-10-16(23)3-4-18(17)22/h2-5,10-11,14H,6-9,12H2,1H3,(H,25,29)(H,26,30). The van der Waals surface area contributed by atoms with Crippen molar-refractivity contribution in [1.29, 1.82) is 0 Å². The van der Waals surface area contributed by atoms with Gasteiger partial charge in [-0.1, -0.05) is 11.6 Å². The largest absolute Gasteiger partial charge is 0.456 e. The second-order valence-corrected chi connectivity index (χ2v) is 7.52. The van der Waals surface area contributed by atoms with Crippen molar-refractivity contribution in [2.45, 2.75) is 25.7 Å². The minimum atomic E-state index is -0.658. The highest BCUT2D eigenvalue weighted by Gasteiger charge is 2.23. The minimum Gasteiger partial charge on any atom is -0.456 e. The van der Waals surface area contributed by atoms with Crippen molar-refractivity contribution in [2.24, 2.45) is 0 Å². The van der Waals surface area contributed by atoms with Gasteiger partial charge in [-0.3, -0.25) is 25.2 Å². The lowest BCUT2D eigenvalue weighted by molar-refractivity contribution is -0.146. The summed E-state index contributed by atoms with van der Waals surface area (Å²) in [4.78, 5) is 40.7. The molecule has 0 aliphatic carbocycles. The fourth-order valence-corrected chi connectivity index (χ4v) is 3.63. The Morgan fingerprint density at radius 3 is 2.58 bits per heavy atom. The topological polar surface area (TPSA) is 101 Å². The molecule has 2 amide bonds. The van der Waals surface area contributed by atoms with E-state index in [1.165, 1.54) is 25.3 Å². The normalized spacial score (nSPS) is 14.1. The Hall–Kier alpha value is -3.20. The first-order chi connectivity index (χ1) is 14.8. The van der Waals surface area contributed by atoms with Crippen LogP contribution >= 0.6 is 11.6 Å². The molecule has 0 bridgehead atoms. The van der Waals surface area contributed by atoms with E-state index < -0.39 is 24.4 Å². The van der Waals surface area contributed by atoms with Gasteiger partial charge >= 0.3 is 5.97 Å². The SMILES string of the molecule is CC(=O)OCC(=O)NNC(=O)c1ccc(N2CCC(c3cc(F)ccc3Cl)CC2)nc1. The van der Waals surface area contributed by atoms with E-state index in [9.17, 15) is 18.8 Å². The van der Waals surface area contributed by atoms with Gasteiger partial charge in [0.2, 0.25) is 0 Å². The quantitative estimate of drug-likeness (QED) is 0.538. The first kappa shape index (κ1) is 22.5. The average molecular weight is 449 g/mol. The molecule has 10 heteroatoms. The van der Waals surface area contributed by atoms with Gasteiger partial charge < -0.3 is 9.64 Å². The maximum absolute atomic E-state index is 13.6. The molecule has 1 aliphatic rings. The molecule has 164 valence electrons. The molecule has 1 aromatic heterocycles. The van der Waals surface area contributed by atoms with Gasteiger partial charge in [-0.15, -0.1) is 0 Å². The molecule has 0 unspecified atom stereocenters. The van der Waals surface area contributed by atoms with Crippen LogP contribution in [0.4, 0.5) is 10.2 Å². The summed E-state index contributed by atoms with van der Waals surface area (Å²) in [5, 5.41) is 0.577. The number of piperidine rings is 1. The van der Waals surface area contributed by atoms with Crippen molar-refractivity contribution in [3.05, 3.63) is 58.5 Å². The zero-order valence-electron chi connectivity index (χ0n) is 16.9. The van der Waals surface area contributed by atoms with E-state index in [-0.39, 0.29) is 17.3 Å². The summed E-state index contributed by atoms with van der Waals surface area (Å²) in [5.74, 6) is -1.19. The number of ether oxygens (including phenoxy) is 1. The molecule has 2 aromatic rings. The van der Waals surface area contributed by atoms with Crippen LogP contribution in [0.25, 0.3) is 0 Å². The Morgan fingerprint density at radius 2 is 1.94 bits per heavy atom. The number of amides is 2. The number of halogens is 2. The molecule has 0 atom stereocenters. The van der Waals surface area contributed by atoms with Gasteiger partial charge in [0.15, 0.2) is 6.61 Å². The molecule has 8 nitrogen and oxygen atoms in total. The van der Waals surface area contributed by atoms with Crippen LogP contribution in [-0.2, 0) is 14.3 Å². The number of hydrogen-bond acceptors (Lipinski definition) is 6. The van der Waals surface area contributed by atoms with E-state index >= 15 is 0 Å². The van der Waals surface area contributed by atoms with E-state index in [0.717, 1.165) is 37.3 Å². The summed E-state index contributed by atoms with van der Waals surface area (Å²) in [6, 6.07) is 7.77. The molecular formula is C21H22ClFN4O4. The molecule has 1 aromatic carbocycles. The Morgan fingerprint density at radius 1 is 1.19 bits per heavy atom. The van der Waals surface area contributed by atoms with Crippen LogP contribution in [0, 0.1) is 5.82 Å². The molecule has 0 radical (unpaired) electrons. The van der Waals surface area contributed by atoms with Gasteiger partial charge in [-0.25, -0.2) is 9.37 Å². The highest BCUT2D eigenvalue weighted by molar-refractivity contribution is 6.31. The maximum Gasteiger partial charge on any atom is 0.303 e. The van der Waals surface area contributed by atoms with Crippen molar-refractivity contribution >= 4 is 35.2 Å². The van der Waals surface area contributed by atoms with Gasteiger partial charge in [0.25, 0.3) is 11.8 Å². The number of hydrazine groups is 1. The Balaban J connectivity index is 1.51. The summed E-state index contributed by atoms with van der Waals surface area (Å²) < 4.78 is 18.1. The van der Waals surface area contributed by atoms with E-state index in [0.29, 0.717) is 5.02 Å². The molecular weight excluding hydrogens is 427 g/mol. The first-order valence-electron chi connectivity index (χ1n) is 9.72. The molecule has 1 saturated heterocycles. The fourth-order valence-electron chi connectivity index (χ4n) is 3.36. The number of hydrogen-bond donors (Lipinski definition) is 2. The molecule has 2 N–H and O–H groups in total. The van der Waals surface area contributed by atoms with Crippen LogP contribution in [0.1, 0.15) is 41.6 Å². The molecule has 0 spiro atoms. The number of esters is 1. The van der Waals surface area contributed by atoms with Crippen molar-refractivity contribution in [3.8, 4) is 0 Å². The van der Waals surface area contributed by atoms with Gasteiger partial charge in [0, 0.05) is 31.2 Å². The number of nitrogens with zero attached hydrogens (tertiary/aromatic N) is 2. The van der Waals surface area contributed by atoms with Crippen LogP contribution in [0.15, 0.2) is 36.5 Å². The van der Waals surface area contributed by atoms with Gasteiger partial charge in [-0.2, -0.15) is 0 Å². The van der Waals surface area contributed by atoms with Crippen LogP contribution < -0.4 is 15.8 Å². The zero-order chi connectivity index (χ0) is 22.4. The molecule has 31 heavy (non-hydrogen) atoms. The Kier molecular flexibility index (Phi) is 7.41. The van der Waals surface area contributed by atoms with Crippen molar-refractivity contribution in [3.63, 3.8) is 0 Å². The van der Waals surface area contributed by atoms with E-state index in [1.807, 2.05) is 0 Å². The monoisotopic (exact) mass is 448 g/mol. The third-order valence-electron chi connectivity index (χ3n) is 4.95. The number of nitrogens with one attached hydrogen (secondary N) is 2. The van der Waals surface area contributed by atoms with Crippen LogP contribution in [-0.4, -0.2) is 42.5 Å². The number of anilines is 1. The predicted molar refractivity (Wildman–Crippen MR) is 112 cm³/mol. The van der Waals surface area contributed by atoms with Crippen molar-refractivity contribution in [1.82, 2.24) is 15.8 Å². The van der Waals surface area contributed by atoms with Gasteiger partial charge in [0.1, 0.15) is 11.6 Å². The highest BCUT2D eigenvalue weighted by Crippen LogP contribution is 2.34.